The van der Waals surface area contributed by atoms with Gasteiger partial charge in [-0.25, -0.2) is 0 Å². The lowest BCUT2D eigenvalue weighted by atomic mass is 10.0. The van der Waals surface area contributed by atoms with Crippen molar-refractivity contribution in [3.8, 4) is 0 Å². The molecule has 3 nitrogen and oxygen atoms in total. The second-order valence-electron chi connectivity index (χ2n) is 4.47. The average Bonchev–Trinajstić information content (AvgIpc) is 2.93. The topological polar surface area (TPSA) is 42.0 Å². The molecule has 1 heterocycles. The van der Waals surface area contributed by atoms with Gasteiger partial charge in [-0.05, 0) is 19.4 Å². The van der Waals surface area contributed by atoms with Gasteiger partial charge in [0.1, 0.15) is 11.7 Å². The van der Waals surface area contributed by atoms with Gasteiger partial charge in [0, 0.05) is 0 Å². The molecule has 2 rings (SSSR count). The first-order valence-corrected chi connectivity index (χ1v) is 5.60. The third-order valence-electron chi connectivity index (χ3n) is 3.19. The Balaban J connectivity index is 1.71. The Morgan fingerprint density at radius 3 is 2.69 bits per heavy atom. The summed E-state index contributed by atoms with van der Waals surface area (Å²) in [6.45, 7) is 4.79. The fourth-order valence-electron chi connectivity index (χ4n) is 1.70. The molecule has 88 valence electrons. The quantitative estimate of drug-likeness (QED) is 0.772. The van der Waals surface area contributed by atoms with Crippen LogP contribution in [0.15, 0.2) is 30.3 Å². The highest BCUT2D eigenvalue weighted by Gasteiger charge is 2.55. The van der Waals surface area contributed by atoms with Gasteiger partial charge in [0.25, 0.3) is 0 Å². The van der Waals surface area contributed by atoms with Crippen LogP contribution in [0, 0.1) is 0 Å². The molecule has 1 aliphatic heterocycles. The molecular weight excluding hydrogens is 204 g/mol. The van der Waals surface area contributed by atoms with Crippen LogP contribution in [0.5, 0.6) is 0 Å². The van der Waals surface area contributed by atoms with E-state index < -0.39 is 11.7 Å². The molecule has 3 heteroatoms. The van der Waals surface area contributed by atoms with E-state index in [1.54, 1.807) is 6.92 Å². The number of aliphatic hydroxyl groups is 1. The molecule has 0 radical (unpaired) electrons. The summed E-state index contributed by atoms with van der Waals surface area (Å²) < 4.78 is 11.0. The molecule has 1 fully saturated rings. The zero-order valence-corrected chi connectivity index (χ0v) is 9.72. The smallest absolute Gasteiger partial charge is 0.120 e. The third kappa shape index (κ3) is 2.43. The SMILES string of the molecule is C[C@@H](O)[C@@]1(C)O[C@H]1COCc1ccccc1. The number of rotatable bonds is 5. The molecule has 1 N–H and O–H groups in total. The first kappa shape index (κ1) is 11.6. The minimum absolute atomic E-state index is 0.0243. The van der Waals surface area contributed by atoms with E-state index in [-0.39, 0.29) is 6.10 Å². The Morgan fingerprint density at radius 2 is 2.12 bits per heavy atom. The lowest BCUT2D eigenvalue weighted by molar-refractivity contribution is 0.100. The van der Waals surface area contributed by atoms with Crippen molar-refractivity contribution < 1.29 is 14.6 Å². The highest BCUT2D eigenvalue weighted by Crippen LogP contribution is 2.39. The summed E-state index contributed by atoms with van der Waals surface area (Å²) in [5, 5.41) is 9.46. The van der Waals surface area contributed by atoms with Crippen molar-refractivity contribution in [3.05, 3.63) is 35.9 Å². The minimum Gasteiger partial charge on any atom is -0.390 e. The molecule has 1 aromatic carbocycles. The molecule has 1 saturated heterocycles. The maximum absolute atomic E-state index is 9.46. The predicted octanol–water partition coefficient (Wildman–Crippen LogP) is 1.74. The van der Waals surface area contributed by atoms with Crippen molar-refractivity contribution in [3.63, 3.8) is 0 Å². The number of hydrogen-bond acceptors (Lipinski definition) is 3. The molecule has 16 heavy (non-hydrogen) atoms. The maximum Gasteiger partial charge on any atom is 0.120 e. The molecule has 0 aromatic heterocycles. The molecule has 0 bridgehead atoms. The monoisotopic (exact) mass is 222 g/mol. The van der Waals surface area contributed by atoms with Crippen LogP contribution >= 0.6 is 0 Å². The van der Waals surface area contributed by atoms with E-state index >= 15 is 0 Å². The van der Waals surface area contributed by atoms with E-state index in [0.717, 1.165) is 5.56 Å². The fraction of sp³-hybridized carbons (Fsp3) is 0.538. The van der Waals surface area contributed by atoms with Crippen molar-refractivity contribution in [1.82, 2.24) is 0 Å². The Kier molecular flexibility index (Phi) is 3.28. The molecule has 0 amide bonds. The van der Waals surface area contributed by atoms with Gasteiger partial charge in [-0.15, -0.1) is 0 Å². The van der Waals surface area contributed by atoms with Gasteiger partial charge in [0.05, 0.1) is 19.3 Å². The van der Waals surface area contributed by atoms with Crippen LogP contribution in [0.1, 0.15) is 19.4 Å². The molecule has 0 unspecified atom stereocenters. The first-order chi connectivity index (χ1) is 7.63. The van der Waals surface area contributed by atoms with Crippen LogP contribution in [0.3, 0.4) is 0 Å². The van der Waals surface area contributed by atoms with Crippen LogP contribution < -0.4 is 0 Å². The Bertz CT molecular complexity index is 336. The van der Waals surface area contributed by atoms with Gasteiger partial charge in [-0.1, -0.05) is 30.3 Å². The molecule has 1 aliphatic rings. The predicted molar refractivity (Wildman–Crippen MR) is 61.1 cm³/mol. The lowest BCUT2D eigenvalue weighted by Crippen LogP contribution is -2.27. The van der Waals surface area contributed by atoms with Gasteiger partial charge in [-0.2, -0.15) is 0 Å². The molecule has 0 aliphatic carbocycles. The Morgan fingerprint density at radius 1 is 1.44 bits per heavy atom. The number of ether oxygens (including phenoxy) is 2. The second-order valence-corrected chi connectivity index (χ2v) is 4.47. The number of epoxide rings is 1. The molecule has 1 aromatic rings. The number of hydrogen-bond donors (Lipinski definition) is 1. The largest absolute Gasteiger partial charge is 0.390 e. The van der Waals surface area contributed by atoms with E-state index in [9.17, 15) is 5.11 Å². The van der Waals surface area contributed by atoms with Crippen LogP contribution in [-0.2, 0) is 16.1 Å². The lowest BCUT2D eigenvalue weighted by Gasteiger charge is -2.09. The highest BCUT2D eigenvalue weighted by molar-refractivity contribution is 5.13. The van der Waals surface area contributed by atoms with E-state index in [0.29, 0.717) is 13.2 Å². The highest BCUT2D eigenvalue weighted by atomic mass is 16.6. The molecule has 0 spiro atoms. The van der Waals surface area contributed by atoms with Gasteiger partial charge in [0.15, 0.2) is 0 Å². The van der Waals surface area contributed by atoms with Crippen molar-refractivity contribution in [2.45, 2.75) is 38.3 Å². The summed E-state index contributed by atoms with van der Waals surface area (Å²) >= 11 is 0. The molecular formula is C13H18O3. The molecule has 3 atom stereocenters. The van der Waals surface area contributed by atoms with Crippen LogP contribution in [-0.4, -0.2) is 29.5 Å². The van der Waals surface area contributed by atoms with Gasteiger partial charge < -0.3 is 14.6 Å². The van der Waals surface area contributed by atoms with E-state index in [1.165, 1.54) is 0 Å². The van der Waals surface area contributed by atoms with E-state index in [4.69, 9.17) is 9.47 Å². The summed E-state index contributed by atoms with van der Waals surface area (Å²) in [5.41, 5.74) is 0.748. The second kappa shape index (κ2) is 4.53. The van der Waals surface area contributed by atoms with Gasteiger partial charge in [0.2, 0.25) is 0 Å². The van der Waals surface area contributed by atoms with E-state index in [1.807, 2.05) is 37.3 Å². The summed E-state index contributed by atoms with van der Waals surface area (Å²) in [7, 11) is 0. The summed E-state index contributed by atoms with van der Waals surface area (Å²) in [4.78, 5) is 0. The minimum atomic E-state index is -0.446. The summed E-state index contributed by atoms with van der Waals surface area (Å²) in [6, 6.07) is 10.0. The van der Waals surface area contributed by atoms with Crippen molar-refractivity contribution in [1.29, 1.82) is 0 Å². The maximum atomic E-state index is 9.46. The van der Waals surface area contributed by atoms with E-state index in [2.05, 4.69) is 0 Å². The van der Waals surface area contributed by atoms with Crippen LogP contribution in [0.25, 0.3) is 0 Å². The number of benzene rings is 1. The van der Waals surface area contributed by atoms with Crippen molar-refractivity contribution >= 4 is 0 Å². The average molecular weight is 222 g/mol. The zero-order chi connectivity index (χ0) is 11.6. The Labute approximate surface area is 96.0 Å². The normalized spacial score (nSPS) is 30.1. The van der Waals surface area contributed by atoms with Crippen LogP contribution in [0.4, 0.5) is 0 Å². The Hall–Kier alpha value is -0.900. The zero-order valence-electron chi connectivity index (χ0n) is 9.72. The fourth-order valence-corrected chi connectivity index (χ4v) is 1.70. The summed E-state index contributed by atoms with van der Waals surface area (Å²) in [6.07, 6.45) is -0.422. The third-order valence-corrected chi connectivity index (χ3v) is 3.19. The van der Waals surface area contributed by atoms with Crippen LogP contribution in [0.2, 0.25) is 0 Å². The number of aliphatic hydroxyl groups excluding tert-OH is 1. The van der Waals surface area contributed by atoms with Gasteiger partial charge in [-0.3, -0.25) is 0 Å². The summed E-state index contributed by atoms with van der Waals surface area (Å²) in [5.74, 6) is 0. The molecule has 0 saturated carbocycles. The standard InChI is InChI=1S/C13H18O3/c1-10(14)13(2)12(16-13)9-15-8-11-6-4-3-5-7-11/h3-7,10,12,14H,8-9H2,1-2H3/t10-,12+,13-/m1/s1. The van der Waals surface area contributed by atoms with Crippen molar-refractivity contribution in [2.75, 3.05) is 6.61 Å². The van der Waals surface area contributed by atoms with Gasteiger partial charge >= 0.3 is 0 Å². The first-order valence-electron chi connectivity index (χ1n) is 5.60. The van der Waals surface area contributed by atoms with Crippen molar-refractivity contribution in [2.24, 2.45) is 0 Å².